The summed E-state index contributed by atoms with van der Waals surface area (Å²) in [6.07, 6.45) is 0.787. The van der Waals surface area contributed by atoms with Crippen LogP contribution in [0.3, 0.4) is 0 Å². The van der Waals surface area contributed by atoms with Gasteiger partial charge in [0.15, 0.2) is 0 Å². The van der Waals surface area contributed by atoms with Gasteiger partial charge in [-0.25, -0.2) is 0 Å². The van der Waals surface area contributed by atoms with Crippen molar-refractivity contribution in [3.8, 4) is 0 Å². The molecule has 0 bridgehead atoms. The van der Waals surface area contributed by atoms with Gasteiger partial charge in [0, 0.05) is 37.2 Å². The summed E-state index contributed by atoms with van der Waals surface area (Å²) in [5.41, 5.74) is 6.95. The highest BCUT2D eigenvalue weighted by molar-refractivity contribution is 7.97. The second-order valence-corrected chi connectivity index (χ2v) is 5.82. The van der Waals surface area contributed by atoms with E-state index in [0.29, 0.717) is 42.3 Å². The maximum Gasteiger partial charge on any atom is 0.251 e. The zero-order chi connectivity index (χ0) is 15.7. The highest BCUT2D eigenvalue weighted by Crippen LogP contribution is 2.10. The molecule has 1 aromatic rings. The van der Waals surface area contributed by atoms with Crippen molar-refractivity contribution in [1.82, 2.24) is 5.32 Å². The second-order valence-electron chi connectivity index (χ2n) is 4.68. The Morgan fingerprint density at radius 2 is 1.90 bits per heavy atom. The van der Waals surface area contributed by atoms with Crippen LogP contribution < -0.4 is 11.1 Å². The second kappa shape index (κ2) is 9.44. The van der Waals surface area contributed by atoms with E-state index < -0.39 is 0 Å². The minimum Gasteiger partial charge on any atom is -0.360 e. The van der Waals surface area contributed by atoms with Crippen molar-refractivity contribution in [2.75, 3.05) is 13.1 Å². The first-order valence-corrected chi connectivity index (χ1v) is 7.90. The van der Waals surface area contributed by atoms with Crippen molar-refractivity contribution in [3.05, 3.63) is 35.4 Å². The molecule has 0 fully saturated rings. The van der Waals surface area contributed by atoms with Gasteiger partial charge < -0.3 is 21.0 Å². The predicted molar refractivity (Wildman–Crippen MR) is 88.1 cm³/mol. The molecule has 0 spiro atoms. The van der Waals surface area contributed by atoms with Crippen LogP contribution in [0, 0.1) is 0 Å². The molecule has 0 saturated heterocycles. The number of rotatable bonds is 8. The lowest BCUT2D eigenvalue weighted by Gasteiger charge is -2.04. The van der Waals surface area contributed by atoms with Gasteiger partial charge in [0.05, 0.1) is 5.05 Å². The van der Waals surface area contributed by atoms with Crippen LogP contribution in [-0.4, -0.2) is 34.9 Å². The minimum absolute atomic E-state index is 0.0737. The van der Waals surface area contributed by atoms with Crippen LogP contribution in [-0.2, 0) is 10.5 Å². The lowest BCUT2D eigenvalue weighted by Crippen LogP contribution is -2.28. The fraction of sp³-hybridized carbons (Fsp3) is 0.400. The monoisotopic (exact) mass is 310 g/mol. The molecule has 1 amide bonds. The SMILES string of the molecule is CC(=O)CCC(O)=[SH]Cc1ccc(C(=O)NCCN)cc1. The van der Waals surface area contributed by atoms with E-state index in [1.54, 1.807) is 12.1 Å². The molecule has 5 nitrogen and oxygen atoms in total. The molecule has 1 rings (SSSR count). The Hall–Kier alpha value is -1.50. The van der Waals surface area contributed by atoms with Gasteiger partial charge in [0.2, 0.25) is 0 Å². The molecule has 21 heavy (non-hydrogen) atoms. The molecule has 0 aliphatic rings. The number of hydrogen-bond acceptors (Lipinski definition) is 3. The number of thiol groups is 1. The largest absolute Gasteiger partial charge is 0.360 e. The Kier molecular flexibility index (Phi) is 7.89. The summed E-state index contributed by atoms with van der Waals surface area (Å²) < 4.78 is 0. The maximum atomic E-state index is 11.7. The van der Waals surface area contributed by atoms with Crippen LogP contribution in [0.1, 0.15) is 35.7 Å². The first kappa shape index (κ1) is 17.6. The summed E-state index contributed by atoms with van der Waals surface area (Å²) in [6, 6.07) is 7.23. The van der Waals surface area contributed by atoms with E-state index in [-0.39, 0.29) is 11.7 Å². The number of carbonyl (C=O) groups excluding carboxylic acids is 2. The maximum absolute atomic E-state index is 11.7. The molecule has 0 aliphatic heterocycles. The summed E-state index contributed by atoms with van der Waals surface area (Å²) in [5.74, 6) is 0.596. The average molecular weight is 310 g/mol. The van der Waals surface area contributed by atoms with Crippen molar-refractivity contribution < 1.29 is 14.7 Å². The Labute approximate surface area is 128 Å². The molecule has 0 unspecified atom stereocenters. The van der Waals surface area contributed by atoms with Crippen molar-refractivity contribution in [1.29, 1.82) is 0 Å². The van der Waals surface area contributed by atoms with E-state index in [4.69, 9.17) is 5.73 Å². The summed E-state index contributed by atoms with van der Waals surface area (Å²) in [4.78, 5) is 22.5. The van der Waals surface area contributed by atoms with Gasteiger partial charge >= 0.3 is 0 Å². The number of benzene rings is 1. The van der Waals surface area contributed by atoms with Crippen LogP contribution in [0.2, 0.25) is 0 Å². The molecule has 6 heteroatoms. The molecule has 0 aromatic heterocycles. The lowest BCUT2D eigenvalue weighted by atomic mass is 10.1. The lowest BCUT2D eigenvalue weighted by molar-refractivity contribution is -0.116. The number of aliphatic hydroxyl groups is 1. The summed E-state index contributed by atoms with van der Waals surface area (Å²) in [5, 5.41) is 12.7. The average Bonchev–Trinajstić information content (AvgIpc) is 2.49. The number of carbonyl (C=O) groups is 2. The highest BCUT2D eigenvalue weighted by atomic mass is 32.1. The van der Waals surface area contributed by atoms with E-state index in [2.05, 4.69) is 5.32 Å². The number of ketones is 1. The first-order valence-electron chi connectivity index (χ1n) is 6.82. The molecule has 0 saturated carbocycles. The standard InChI is InChI=1S/C15H22N2O3S/c1-11(18)2-7-14(19)21-10-12-3-5-13(6-4-12)15(20)17-9-8-16/h3-6,19,21H,2,7-10,16H2,1H3,(H,17,20). The van der Waals surface area contributed by atoms with E-state index in [1.807, 2.05) is 12.1 Å². The van der Waals surface area contributed by atoms with Gasteiger partial charge in [-0.15, -0.1) is 0 Å². The molecule has 0 radical (unpaired) electrons. The molecule has 1 aromatic carbocycles. The molecule has 0 atom stereocenters. The van der Waals surface area contributed by atoms with Gasteiger partial charge in [0.1, 0.15) is 5.78 Å². The molecular weight excluding hydrogens is 288 g/mol. The fourth-order valence-electron chi connectivity index (χ4n) is 1.60. The van der Waals surface area contributed by atoms with Crippen LogP contribution in [0.5, 0.6) is 0 Å². The van der Waals surface area contributed by atoms with Crippen LogP contribution >= 0.6 is 11.4 Å². The third kappa shape index (κ3) is 7.17. The Bertz CT molecular complexity index is 512. The first-order chi connectivity index (χ1) is 10.0. The zero-order valence-corrected chi connectivity index (χ0v) is 13.0. The van der Waals surface area contributed by atoms with Crippen molar-refractivity contribution in [2.45, 2.75) is 25.5 Å². The fourth-order valence-corrected chi connectivity index (χ4v) is 2.44. The van der Waals surface area contributed by atoms with Crippen LogP contribution in [0.4, 0.5) is 0 Å². The van der Waals surface area contributed by atoms with E-state index in [0.717, 1.165) is 16.9 Å². The zero-order valence-electron chi connectivity index (χ0n) is 12.1. The summed E-state index contributed by atoms with van der Waals surface area (Å²) in [7, 11) is 0. The van der Waals surface area contributed by atoms with Gasteiger partial charge in [-0.3, -0.25) is 4.79 Å². The number of hydrogen-bond donors (Lipinski definition) is 4. The quantitative estimate of drug-likeness (QED) is 0.431. The predicted octanol–water partition coefficient (Wildman–Crippen LogP) is 1.40. The number of nitrogens with one attached hydrogen (secondary N) is 1. The molecule has 0 heterocycles. The topological polar surface area (TPSA) is 92.4 Å². The summed E-state index contributed by atoms with van der Waals surface area (Å²) >= 11 is 0.790. The third-order valence-corrected chi connectivity index (χ3v) is 3.90. The molecule has 0 aliphatic carbocycles. The molecular formula is C15H22N2O3S. The number of amides is 1. The van der Waals surface area contributed by atoms with Crippen molar-refractivity contribution >= 4 is 28.1 Å². The highest BCUT2D eigenvalue weighted by Gasteiger charge is 2.04. The Balaban J connectivity index is 2.52. The van der Waals surface area contributed by atoms with Gasteiger partial charge in [0.25, 0.3) is 5.91 Å². The Morgan fingerprint density at radius 3 is 2.48 bits per heavy atom. The summed E-state index contributed by atoms with van der Waals surface area (Å²) in [6.45, 7) is 2.38. The Morgan fingerprint density at radius 1 is 1.24 bits per heavy atom. The number of Topliss-reactive ketones (excluding diaryl/α,β-unsaturated/α-hetero) is 1. The van der Waals surface area contributed by atoms with Gasteiger partial charge in [-0.1, -0.05) is 12.1 Å². The molecule has 4 N–H and O–H groups in total. The minimum atomic E-state index is -0.139. The normalized spacial score (nSPS) is 11.7. The number of aliphatic hydroxyl groups excluding tert-OH is 1. The third-order valence-electron chi connectivity index (χ3n) is 2.79. The van der Waals surface area contributed by atoms with Gasteiger partial charge in [-0.05, 0) is 24.6 Å². The van der Waals surface area contributed by atoms with Crippen molar-refractivity contribution in [2.24, 2.45) is 5.73 Å². The van der Waals surface area contributed by atoms with E-state index >= 15 is 0 Å². The number of nitrogens with two attached hydrogens (primary N) is 1. The molecule has 116 valence electrons. The van der Waals surface area contributed by atoms with E-state index in [9.17, 15) is 14.7 Å². The van der Waals surface area contributed by atoms with Gasteiger partial charge in [-0.2, -0.15) is 11.4 Å². The smallest absolute Gasteiger partial charge is 0.251 e. The van der Waals surface area contributed by atoms with E-state index in [1.165, 1.54) is 6.92 Å². The van der Waals surface area contributed by atoms with Crippen LogP contribution in [0.25, 0.3) is 0 Å². The van der Waals surface area contributed by atoms with Crippen molar-refractivity contribution in [3.63, 3.8) is 0 Å². The van der Waals surface area contributed by atoms with Crippen LogP contribution in [0.15, 0.2) is 24.3 Å².